The van der Waals surface area contributed by atoms with E-state index in [0.717, 1.165) is 25.7 Å². The van der Waals surface area contributed by atoms with Gasteiger partial charge in [-0.15, -0.1) is 6.58 Å². The molecule has 0 spiro atoms. The van der Waals surface area contributed by atoms with Crippen LogP contribution in [0.25, 0.3) is 0 Å². The maximum Gasteiger partial charge on any atom is 0.325 e. The van der Waals surface area contributed by atoms with Gasteiger partial charge in [0, 0.05) is 18.8 Å². The lowest BCUT2D eigenvalue weighted by molar-refractivity contribution is -0.133. The molecule has 1 fully saturated rings. The first-order chi connectivity index (χ1) is 11.6. The minimum absolute atomic E-state index is 0.0492. The number of urea groups is 1. The molecular weight excluding hydrogens is 304 g/mol. The molecule has 3 atom stereocenters. The summed E-state index contributed by atoms with van der Waals surface area (Å²) in [5, 5.41) is 5.99. The van der Waals surface area contributed by atoms with Gasteiger partial charge in [-0.1, -0.05) is 38.2 Å². The van der Waals surface area contributed by atoms with Crippen LogP contribution >= 0.6 is 0 Å². The molecule has 0 saturated carbocycles. The average Bonchev–Trinajstić information content (AvgIpc) is 2.56. The highest BCUT2D eigenvalue weighted by molar-refractivity contribution is 6.01. The molecule has 3 unspecified atom stereocenters. The molecule has 2 aliphatic rings. The number of hydrogen-bond acceptors (Lipinski definition) is 4. The number of unbranched alkanes of at least 4 members (excludes halogenated alkanes) is 7. The number of carbonyl (C=O) groups excluding carboxylic acids is 2. The summed E-state index contributed by atoms with van der Waals surface area (Å²) < 4.78 is 0. The topological polar surface area (TPSA) is 73.8 Å². The van der Waals surface area contributed by atoms with Crippen LogP contribution in [0.4, 0.5) is 4.79 Å². The fourth-order valence-electron chi connectivity index (χ4n) is 3.18. The Hall–Kier alpha value is -1.69. The molecule has 0 aromatic carbocycles. The summed E-state index contributed by atoms with van der Waals surface area (Å²) in [6.07, 6.45) is 12.4. The Morgan fingerprint density at radius 2 is 1.83 bits per heavy atom. The fraction of sp³-hybridized carbons (Fsp3) is 0.722. The zero-order valence-corrected chi connectivity index (χ0v) is 14.7. The number of nitrogens with one attached hydrogen (secondary N) is 2. The molecule has 134 valence electrons. The monoisotopic (exact) mass is 334 g/mol. The quantitative estimate of drug-likeness (QED) is 0.476. The molecule has 6 heteroatoms. The maximum absolute atomic E-state index is 12.5. The van der Waals surface area contributed by atoms with E-state index in [1.54, 1.807) is 6.21 Å². The van der Waals surface area contributed by atoms with Gasteiger partial charge in [-0.05, 0) is 26.2 Å². The van der Waals surface area contributed by atoms with E-state index in [2.05, 4.69) is 22.2 Å². The van der Waals surface area contributed by atoms with Gasteiger partial charge < -0.3 is 5.32 Å². The molecule has 1 saturated heterocycles. The number of imide groups is 1. The van der Waals surface area contributed by atoms with Crippen molar-refractivity contribution < 1.29 is 9.59 Å². The van der Waals surface area contributed by atoms with Gasteiger partial charge in [0.2, 0.25) is 0 Å². The zero-order chi connectivity index (χ0) is 17.4. The largest absolute Gasteiger partial charge is 0.325 e. The fourth-order valence-corrected chi connectivity index (χ4v) is 3.18. The summed E-state index contributed by atoms with van der Waals surface area (Å²) in [4.78, 5) is 30.2. The highest BCUT2D eigenvalue weighted by atomic mass is 16.2. The van der Waals surface area contributed by atoms with E-state index in [1.807, 2.05) is 13.0 Å². The first kappa shape index (κ1) is 18.6. The van der Waals surface area contributed by atoms with Crippen LogP contribution in [0, 0.1) is 0 Å². The van der Waals surface area contributed by atoms with Crippen LogP contribution in [0.5, 0.6) is 0 Å². The molecule has 2 N–H and O–H groups in total. The van der Waals surface area contributed by atoms with Crippen LogP contribution in [0.2, 0.25) is 0 Å². The van der Waals surface area contributed by atoms with Crippen LogP contribution in [-0.4, -0.2) is 47.8 Å². The van der Waals surface area contributed by atoms with Crippen molar-refractivity contribution in [2.24, 2.45) is 4.99 Å². The third kappa shape index (κ3) is 5.16. The Morgan fingerprint density at radius 1 is 1.17 bits per heavy atom. The molecule has 24 heavy (non-hydrogen) atoms. The Labute approximate surface area is 144 Å². The number of allylic oxidation sites excluding steroid dienone is 1. The van der Waals surface area contributed by atoms with Gasteiger partial charge in [0.25, 0.3) is 5.91 Å². The van der Waals surface area contributed by atoms with Gasteiger partial charge in [-0.2, -0.15) is 0 Å². The summed E-state index contributed by atoms with van der Waals surface area (Å²) in [5.41, 5.74) is 0. The van der Waals surface area contributed by atoms with Gasteiger partial charge in [0.05, 0.1) is 0 Å². The molecule has 2 aliphatic heterocycles. The van der Waals surface area contributed by atoms with Gasteiger partial charge in [0.1, 0.15) is 12.2 Å². The van der Waals surface area contributed by atoms with Crippen molar-refractivity contribution in [1.82, 2.24) is 15.5 Å². The van der Waals surface area contributed by atoms with E-state index in [9.17, 15) is 9.59 Å². The van der Waals surface area contributed by atoms with Crippen LogP contribution in [-0.2, 0) is 4.79 Å². The molecule has 3 amide bonds. The normalized spacial score (nSPS) is 26.2. The summed E-state index contributed by atoms with van der Waals surface area (Å²) in [7, 11) is 0. The number of amides is 3. The van der Waals surface area contributed by atoms with Crippen molar-refractivity contribution in [3.63, 3.8) is 0 Å². The maximum atomic E-state index is 12.5. The molecule has 2 rings (SSSR count). The minimum Gasteiger partial charge on any atom is -0.314 e. The Balaban J connectivity index is 1.65. The summed E-state index contributed by atoms with van der Waals surface area (Å²) >= 11 is 0. The Morgan fingerprint density at radius 3 is 2.54 bits per heavy atom. The minimum atomic E-state index is -0.465. The SMILES string of the molecule is C=CCCCCCCCCCN1C(=O)NC2N=CC(C)NC2C1=O. The van der Waals surface area contributed by atoms with E-state index in [-0.39, 0.29) is 18.0 Å². The lowest BCUT2D eigenvalue weighted by Crippen LogP contribution is -2.69. The van der Waals surface area contributed by atoms with Crippen molar-refractivity contribution in [3.8, 4) is 0 Å². The van der Waals surface area contributed by atoms with Gasteiger partial charge in [-0.3, -0.25) is 20.0 Å². The van der Waals surface area contributed by atoms with E-state index in [4.69, 9.17) is 0 Å². The molecule has 0 radical (unpaired) electrons. The Bertz CT molecular complexity index is 478. The van der Waals surface area contributed by atoms with E-state index in [0.29, 0.717) is 6.54 Å². The zero-order valence-electron chi connectivity index (χ0n) is 14.7. The number of nitrogens with zero attached hydrogens (tertiary/aromatic N) is 2. The van der Waals surface area contributed by atoms with E-state index < -0.39 is 12.2 Å². The third-order valence-electron chi connectivity index (χ3n) is 4.57. The van der Waals surface area contributed by atoms with Gasteiger partial charge >= 0.3 is 6.03 Å². The second kappa shape index (κ2) is 9.57. The average molecular weight is 334 g/mol. The highest BCUT2D eigenvalue weighted by Gasteiger charge is 2.42. The molecular formula is C18H30N4O2. The first-order valence-corrected chi connectivity index (χ1v) is 9.15. The van der Waals surface area contributed by atoms with E-state index >= 15 is 0 Å². The molecule has 0 aliphatic carbocycles. The van der Waals surface area contributed by atoms with Crippen LogP contribution < -0.4 is 10.6 Å². The standard InChI is InChI=1S/C18H30N4O2/c1-3-4-5-6-7-8-9-10-11-12-22-17(23)15-16(21-18(22)24)19-13-14(2)20-15/h3,13-16,20H,1,4-12H2,2H3,(H,21,24). The van der Waals surface area contributed by atoms with Crippen molar-refractivity contribution >= 4 is 18.2 Å². The predicted molar refractivity (Wildman–Crippen MR) is 96.0 cm³/mol. The van der Waals surface area contributed by atoms with Crippen molar-refractivity contribution in [2.75, 3.05) is 6.54 Å². The number of rotatable bonds is 10. The molecule has 6 nitrogen and oxygen atoms in total. The molecule has 0 aromatic heterocycles. The number of carbonyl (C=O) groups is 2. The molecule has 2 heterocycles. The summed E-state index contributed by atoms with van der Waals surface area (Å²) in [6, 6.07) is -0.708. The second-order valence-corrected chi connectivity index (χ2v) is 6.67. The highest BCUT2D eigenvalue weighted by Crippen LogP contribution is 2.15. The Kier molecular flexibility index (Phi) is 7.43. The molecule has 0 aromatic rings. The van der Waals surface area contributed by atoms with Crippen LogP contribution in [0.3, 0.4) is 0 Å². The number of aliphatic imine (C=N–C) groups is 1. The predicted octanol–water partition coefficient (Wildman–Crippen LogP) is 2.60. The summed E-state index contributed by atoms with van der Waals surface area (Å²) in [6.45, 7) is 6.17. The number of hydrogen-bond donors (Lipinski definition) is 2. The van der Waals surface area contributed by atoms with Gasteiger partial charge in [0.15, 0.2) is 0 Å². The summed E-state index contributed by atoms with van der Waals surface area (Å²) in [5.74, 6) is -0.156. The lowest BCUT2D eigenvalue weighted by atomic mass is 10.1. The van der Waals surface area contributed by atoms with Crippen molar-refractivity contribution in [2.45, 2.75) is 76.5 Å². The van der Waals surface area contributed by atoms with E-state index in [1.165, 1.54) is 30.6 Å². The van der Waals surface area contributed by atoms with Crippen molar-refractivity contribution in [1.29, 1.82) is 0 Å². The van der Waals surface area contributed by atoms with Crippen LogP contribution in [0.15, 0.2) is 17.6 Å². The second-order valence-electron chi connectivity index (χ2n) is 6.67. The van der Waals surface area contributed by atoms with Crippen LogP contribution in [0.1, 0.15) is 58.3 Å². The number of fused-ring (bicyclic) bond motifs is 1. The molecule has 0 bridgehead atoms. The van der Waals surface area contributed by atoms with Crippen molar-refractivity contribution in [3.05, 3.63) is 12.7 Å². The third-order valence-corrected chi connectivity index (χ3v) is 4.57. The first-order valence-electron chi connectivity index (χ1n) is 9.15. The lowest BCUT2D eigenvalue weighted by Gasteiger charge is -2.39. The van der Waals surface area contributed by atoms with Gasteiger partial charge in [-0.25, -0.2) is 4.79 Å². The smallest absolute Gasteiger partial charge is 0.314 e.